The van der Waals surface area contributed by atoms with Crippen LogP contribution in [0.3, 0.4) is 0 Å². The molecule has 3 N–H and O–H groups in total. The van der Waals surface area contributed by atoms with Crippen LogP contribution in [0.15, 0.2) is 48.5 Å². The van der Waals surface area contributed by atoms with Gasteiger partial charge in [-0.15, -0.1) is 0 Å². The fourth-order valence-corrected chi connectivity index (χ4v) is 1.82. The summed E-state index contributed by atoms with van der Waals surface area (Å²) >= 11 is 0. The standard InChI is InChI=1S/C17H20N2O2/c1-3-13-7-9-15(10-8-13)21-16-6-4-5-14(11-16)19-17(20)12(2)18/h4-12H,3,18H2,1-2H3,(H,19,20). The second-order valence-electron chi connectivity index (χ2n) is 4.91. The predicted octanol–water partition coefficient (Wildman–Crippen LogP) is 3.33. The number of nitrogens with two attached hydrogens (primary N) is 1. The van der Waals surface area contributed by atoms with E-state index in [0.29, 0.717) is 11.4 Å². The van der Waals surface area contributed by atoms with Crippen LogP contribution in [-0.2, 0) is 11.2 Å². The predicted molar refractivity (Wildman–Crippen MR) is 84.6 cm³/mol. The van der Waals surface area contributed by atoms with Gasteiger partial charge in [0.1, 0.15) is 11.5 Å². The molecule has 4 heteroatoms. The van der Waals surface area contributed by atoms with Crippen molar-refractivity contribution in [1.29, 1.82) is 0 Å². The quantitative estimate of drug-likeness (QED) is 0.885. The average molecular weight is 284 g/mol. The molecule has 1 unspecified atom stereocenters. The second-order valence-corrected chi connectivity index (χ2v) is 4.91. The molecule has 0 fully saturated rings. The highest BCUT2D eigenvalue weighted by atomic mass is 16.5. The van der Waals surface area contributed by atoms with Crippen molar-refractivity contribution in [3.63, 3.8) is 0 Å². The molecule has 1 amide bonds. The highest BCUT2D eigenvalue weighted by Crippen LogP contribution is 2.24. The molecule has 0 saturated heterocycles. The summed E-state index contributed by atoms with van der Waals surface area (Å²) in [6.45, 7) is 3.76. The summed E-state index contributed by atoms with van der Waals surface area (Å²) in [7, 11) is 0. The van der Waals surface area contributed by atoms with Gasteiger partial charge in [-0.2, -0.15) is 0 Å². The minimum absolute atomic E-state index is 0.223. The third-order valence-corrected chi connectivity index (χ3v) is 3.08. The van der Waals surface area contributed by atoms with Crippen LogP contribution in [0.2, 0.25) is 0 Å². The molecule has 1 atom stereocenters. The first kappa shape index (κ1) is 15.1. The largest absolute Gasteiger partial charge is 0.457 e. The maximum atomic E-state index is 11.6. The van der Waals surface area contributed by atoms with E-state index in [9.17, 15) is 4.79 Å². The summed E-state index contributed by atoms with van der Waals surface area (Å²) in [6, 6.07) is 14.6. The van der Waals surface area contributed by atoms with Gasteiger partial charge in [-0.1, -0.05) is 25.1 Å². The van der Waals surface area contributed by atoms with Gasteiger partial charge in [-0.05, 0) is 43.2 Å². The third kappa shape index (κ3) is 4.33. The van der Waals surface area contributed by atoms with E-state index in [2.05, 4.69) is 12.2 Å². The molecule has 0 heterocycles. The van der Waals surface area contributed by atoms with Crippen LogP contribution in [0.4, 0.5) is 5.69 Å². The first-order valence-corrected chi connectivity index (χ1v) is 7.02. The first-order chi connectivity index (χ1) is 10.1. The summed E-state index contributed by atoms with van der Waals surface area (Å²) < 4.78 is 5.78. The number of hydrogen-bond acceptors (Lipinski definition) is 3. The minimum Gasteiger partial charge on any atom is -0.457 e. The molecule has 0 radical (unpaired) electrons. The van der Waals surface area contributed by atoms with E-state index in [1.165, 1.54) is 5.56 Å². The Labute approximate surface area is 124 Å². The van der Waals surface area contributed by atoms with Gasteiger partial charge < -0.3 is 15.8 Å². The number of nitrogens with one attached hydrogen (secondary N) is 1. The average Bonchev–Trinajstić information content (AvgIpc) is 2.48. The van der Waals surface area contributed by atoms with Crippen molar-refractivity contribution in [3.8, 4) is 11.5 Å². The van der Waals surface area contributed by atoms with E-state index < -0.39 is 6.04 Å². The summed E-state index contributed by atoms with van der Waals surface area (Å²) in [5, 5.41) is 2.74. The normalized spacial score (nSPS) is 11.8. The van der Waals surface area contributed by atoms with E-state index in [4.69, 9.17) is 10.5 Å². The van der Waals surface area contributed by atoms with Crippen LogP contribution in [0.5, 0.6) is 11.5 Å². The Morgan fingerprint density at radius 2 is 1.90 bits per heavy atom. The van der Waals surface area contributed by atoms with Crippen LogP contribution >= 0.6 is 0 Å². The van der Waals surface area contributed by atoms with Crippen LogP contribution in [-0.4, -0.2) is 11.9 Å². The van der Waals surface area contributed by atoms with Gasteiger partial charge in [-0.3, -0.25) is 4.79 Å². The Balaban J connectivity index is 2.08. The van der Waals surface area contributed by atoms with Crippen molar-refractivity contribution in [2.75, 3.05) is 5.32 Å². The lowest BCUT2D eigenvalue weighted by molar-refractivity contribution is -0.117. The molecule has 0 aliphatic heterocycles. The molecule has 0 saturated carbocycles. The Hall–Kier alpha value is -2.33. The van der Waals surface area contributed by atoms with Crippen molar-refractivity contribution in [3.05, 3.63) is 54.1 Å². The molecule has 0 bridgehead atoms. The van der Waals surface area contributed by atoms with E-state index in [1.807, 2.05) is 36.4 Å². The molecule has 0 spiro atoms. The summed E-state index contributed by atoms with van der Waals surface area (Å²) in [4.78, 5) is 11.6. The fraction of sp³-hybridized carbons (Fsp3) is 0.235. The molecule has 2 rings (SSSR count). The zero-order valence-corrected chi connectivity index (χ0v) is 12.3. The Bertz CT molecular complexity index is 606. The Morgan fingerprint density at radius 1 is 1.19 bits per heavy atom. The van der Waals surface area contributed by atoms with Crippen molar-refractivity contribution in [2.45, 2.75) is 26.3 Å². The molecule has 0 aliphatic rings. The molecular formula is C17H20N2O2. The van der Waals surface area contributed by atoms with E-state index in [0.717, 1.165) is 12.2 Å². The topological polar surface area (TPSA) is 64.3 Å². The van der Waals surface area contributed by atoms with Crippen LogP contribution < -0.4 is 15.8 Å². The first-order valence-electron chi connectivity index (χ1n) is 7.02. The Kier molecular flexibility index (Phi) is 4.95. The maximum absolute atomic E-state index is 11.6. The third-order valence-electron chi connectivity index (χ3n) is 3.08. The number of aryl methyl sites for hydroxylation is 1. The van der Waals surface area contributed by atoms with Crippen molar-refractivity contribution >= 4 is 11.6 Å². The van der Waals surface area contributed by atoms with Crippen LogP contribution in [0.25, 0.3) is 0 Å². The molecule has 110 valence electrons. The van der Waals surface area contributed by atoms with Gasteiger partial charge in [0.25, 0.3) is 0 Å². The lowest BCUT2D eigenvalue weighted by Gasteiger charge is -2.10. The molecule has 0 aliphatic carbocycles. The highest BCUT2D eigenvalue weighted by Gasteiger charge is 2.08. The highest BCUT2D eigenvalue weighted by molar-refractivity contribution is 5.94. The number of hydrogen-bond donors (Lipinski definition) is 2. The van der Waals surface area contributed by atoms with Gasteiger partial charge in [0.2, 0.25) is 5.91 Å². The Morgan fingerprint density at radius 3 is 2.52 bits per heavy atom. The van der Waals surface area contributed by atoms with Crippen LogP contribution in [0.1, 0.15) is 19.4 Å². The van der Waals surface area contributed by atoms with E-state index in [1.54, 1.807) is 19.1 Å². The number of rotatable bonds is 5. The molecule has 4 nitrogen and oxygen atoms in total. The zero-order valence-electron chi connectivity index (χ0n) is 12.3. The second kappa shape index (κ2) is 6.90. The lowest BCUT2D eigenvalue weighted by atomic mass is 10.2. The lowest BCUT2D eigenvalue weighted by Crippen LogP contribution is -2.32. The van der Waals surface area contributed by atoms with Crippen molar-refractivity contribution < 1.29 is 9.53 Å². The minimum atomic E-state index is -0.545. The molecule has 2 aromatic rings. The van der Waals surface area contributed by atoms with Crippen molar-refractivity contribution in [1.82, 2.24) is 0 Å². The number of anilines is 1. The molecule has 21 heavy (non-hydrogen) atoms. The molecular weight excluding hydrogens is 264 g/mol. The number of carbonyl (C=O) groups excluding carboxylic acids is 1. The molecule has 0 aromatic heterocycles. The monoisotopic (exact) mass is 284 g/mol. The van der Waals surface area contributed by atoms with Crippen LogP contribution in [0, 0.1) is 0 Å². The van der Waals surface area contributed by atoms with Gasteiger partial charge in [0, 0.05) is 11.8 Å². The van der Waals surface area contributed by atoms with Gasteiger partial charge in [0.05, 0.1) is 6.04 Å². The SMILES string of the molecule is CCc1ccc(Oc2cccc(NC(=O)C(C)N)c2)cc1. The summed E-state index contributed by atoms with van der Waals surface area (Å²) in [6.07, 6.45) is 0.999. The number of carbonyl (C=O) groups is 1. The van der Waals surface area contributed by atoms with E-state index >= 15 is 0 Å². The summed E-state index contributed by atoms with van der Waals surface area (Å²) in [5.74, 6) is 1.21. The fourth-order valence-electron chi connectivity index (χ4n) is 1.82. The number of benzene rings is 2. The smallest absolute Gasteiger partial charge is 0.241 e. The van der Waals surface area contributed by atoms with Gasteiger partial charge in [-0.25, -0.2) is 0 Å². The van der Waals surface area contributed by atoms with Crippen molar-refractivity contribution in [2.24, 2.45) is 5.73 Å². The maximum Gasteiger partial charge on any atom is 0.241 e. The zero-order chi connectivity index (χ0) is 15.2. The van der Waals surface area contributed by atoms with Gasteiger partial charge >= 0.3 is 0 Å². The number of ether oxygens (including phenoxy) is 1. The summed E-state index contributed by atoms with van der Waals surface area (Å²) in [5.41, 5.74) is 7.46. The number of amides is 1. The molecule has 2 aromatic carbocycles. The van der Waals surface area contributed by atoms with E-state index in [-0.39, 0.29) is 5.91 Å². The van der Waals surface area contributed by atoms with Gasteiger partial charge in [0.15, 0.2) is 0 Å².